The van der Waals surface area contributed by atoms with E-state index in [2.05, 4.69) is 9.97 Å². The van der Waals surface area contributed by atoms with Gasteiger partial charge >= 0.3 is 6.09 Å². The first kappa shape index (κ1) is 15.1. The van der Waals surface area contributed by atoms with Gasteiger partial charge in [0.1, 0.15) is 12.1 Å². The van der Waals surface area contributed by atoms with Gasteiger partial charge in [-0.25, -0.2) is 14.8 Å². The predicted molar refractivity (Wildman–Crippen MR) is 87.4 cm³/mol. The molecule has 0 aliphatic carbocycles. The predicted octanol–water partition coefficient (Wildman–Crippen LogP) is 2.61. The number of aromatic nitrogens is 3. The van der Waals surface area contributed by atoms with E-state index < -0.39 is 6.09 Å². The van der Waals surface area contributed by atoms with Gasteiger partial charge in [0.25, 0.3) is 0 Å². The molecule has 3 heterocycles. The molecule has 1 aliphatic rings. The summed E-state index contributed by atoms with van der Waals surface area (Å²) < 4.78 is 7.03. The Bertz CT molecular complexity index is 1010. The lowest BCUT2D eigenvalue weighted by molar-refractivity contribution is -0.129. The average Bonchev–Trinajstić information content (AvgIpc) is 3.19. The van der Waals surface area contributed by atoms with E-state index in [0.717, 1.165) is 21.2 Å². The van der Waals surface area contributed by atoms with Crippen LogP contribution < -0.4 is 4.74 Å². The van der Waals surface area contributed by atoms with Gasteiger partial charge < -0.3 is 14.7 Å². The number of benzene rings is 1. The van der Waals surface area contributed by atoms with Gasteiger partial charge in [-0.2, -0.15) is 0 Å². The highest BCUT2D eigenvalue weighted by Crippen LogP contribution is 2.32. The van der Waals surface area contributed by atoms with Crippen LogP contribution in [0, 0.1) is 0 Å². The van der Waals surface area contributed by atoms with Crippen molar-refractivity contribution < 1.29 is 19.4 Å². The number of hydrogen-bond acceptors (Lipinski definition) is 5. The van der Waals surface area contributed by atoms with Crippen molar-refractivity contribution in [2.75, 3.05) is 0 Å². The Hall–Kier alpha value is -3.42. The van der Waals surface area contributed by atoms with Crippen LogP contribution in [0.2, 0.25) is 0 Å². The molecule has 3 aromatic rings. The quantitative estimate of drug-likeness (QED) is 0.771. The van der Waals surface area contributed by atoms with Gasteiger partial charge in [0.15, 0.2) is 0 Å². The number of carbonyl (C=O) groups is 2. The van der Waals surface area contributed by atoms with E-state index >= 15 is 0 Å². The second-order valence-electron chi connectivity index (χ2n) is 5.77. The Morgan fingerprint density at radius 1 is 1.20 bits per heavy atom. The lowest BCUT2D eigenvalue weighted by atomic mass is 10.2. The summed E-state index contributed by atoms with van der Waals surface area (Å²) >= 11 is 0. The molecular weight excluding hydrogens is 324 g/mol. The van der Waals surface area contributed by atoms with Gasteiger partial charge in [0.05, 0.1) is 29.9 Å². The summed E-state index contributed by atoms with van der Waals surface area (Å²) in [5.41, 5.74) is 2.15. The van der Waals surface area contributed by atoms with Crippen molar-refractivity contribution in [3.63, 3.8) is 0 Å². The van der Waals surface area contributed by atoms with Crippen LogP contribution in [0.25, 0.3) is 10.9 Å². The van der Waals surface area contributed by atoms with Crippen molar-refractivity contribution in [3.05, 3.63) is 48.0 Å². The van der Waals surface area contributed by atoms with Crippen LogP contribution in [0.4, 0.5) is 4.79 Å². The van der Waals surface area contributed by atoms with Crippen molar-refractivity contribution in [2.24, 2.45) is 0 Å². The molecule has 25 heavy (non-hydrogen) atoms. The summed E-state index contributed by atoms with van der Waals surface area (Å²) in [6.45, 7) is 2.38. The molecule has 0 fully saturated rings. The van der Waals surface area contributed by atoms with Gasteiger partial charge in [-0.3, -0.25) is 9.36 Å². The van der Waals surface area contributed by atoms with Gasteiger partial charge in [-0.05, 0) is 24.3 Å². The van der Waals surface area contributed by atoms with E-state index in [1.54, 1.807) is 29.2 Å². The zero-order chi connectivity index (χ0) is 17.6. The van der Waals surface area contributed by atoms with Crippen molar-refractivity contribution in [3.8, 4) is 11.6 Å². The molecule has 126 valence electrons. The molecule has 0 spiro atoms. The first-order chi connectivity index (χ1) is 12.0. The highest BCUT2D eigenvalue weighted by molar-refractivity contribution is 5.89. The largest absolute Gasteiger partial charge is 0.464 e. The zero-order valence-corrected chi connectivity index (χ0v) is 13.3. The minimum atomic E-state index is -1.04. The monoisotopic (exact) mass is 338 g/mol. The molecule has 0 bridgehead atoms. The number of carboxylic acid groups (broad SMARTS) is 1. The van der Waals surface area contributed by atoms with Crippen LogP contribution in [-0.4, -0.2) is 36.5 Å². The molecule has 0 saturated heterocycles. The van der Waals surface area contributed by atoms with Gasteiger partial charge in [-0.15, -0.1) is 0 Å². The van der Waals surface area contributed by atoms with E-state index in [9.17, 15) is 9.59 Å². The molecule has 8 heteroatoms. The summed E-state index contributed by atoms with van der Waals surface area (Å²) in [7, 11) is 0. The number of rotatable bonds is 2. The van der Waals surface area contributed by atoms with Crippen molar-refractivity contribution in [2.45, 2.75) is 20.0 Å². The second kappa shape index (κ2) is 5.59. The molecule has 1 aliphatic heterocycles. The Kier molecular flexibility index (Phi) is 3.38. The van der Waals surface area contributed by atoms with Gasteiger partial charge in [0.2, 0.25) is 11.8 Å². The van der Waals surface area contributed by atoms with E-state index in [-0.39, 0.29) is 5.91 Å². The maximum absolute atomic E-state index is 11.6. The van der Waals surface area contributed by atoms with Crippen LogP contribution in [0.5, 0.6) is 11.6 Å². The summed E-state index contributed by atoms with van der Waals surface area (Å²) in [5.74, 6) is 0.920. The lowest BCUT2D eigenvalue weighted by Crippen LogP contribution is -2.21. The van der Waals surface area contributed by atoms with Crippen LogP contribution in [-0.2, 0) is 17.9 Å². The summed E-state index contributed by atoms with van der Waals surface area (Å²) in [4.78, 5) is 32.8. The van der Waals surface area contributed by atoms with E-state index in [1.807, 2.05) is 0 Å². The number of carbonyl (C=O) groups excluding carboxylic acids is 1. The highest BCUT2D eigenvalue weighted by atomic mass is 16.5. The second-order valence-corrected chi connectivity index (χ2v) is 5.77. The lowest BCUT2D eigenvalue weighted by Gasteiger charge is -2.11. The molecule has 4 rings (SSSR count). The smallest absolute Gasteiger partial charge is 0.415 e. The van der Waals surface area contributed by atoms with Crippen LogP contribution in [0.1, 0.15) is 18.2 Å². The highest BCUT2D eigenvalue weighted by Gasteiger charge is 2.26. The fourth-order valence-corrected chi connectivity index (χ4v) is 2.93. The van der Waals surface area contributed by atoms with Crippen molar-refractivity contribution >= 4 is 22.9 Å². The summed E-state index contributed by atoms with van der Waals surface area (Å²) in [6.07, 6.45) is 1.86. The van der Waals surface area contributed by atoms with Crippen molar-refractivity contribution in [1.29, 1.82) is 0 Å². The molecule has 1 aromatic carbocycles. The number of fused-ring (bicyclic) bond motifs is 2. The first-order valence-corrected chi connectivity index (χ1v) is 7.63. The molecule has 0 radical (unpaired) electrons. The number of hydrogen-bond donors (Lipinski definition) is 1. The number of nitrogens with zero attached hydrogens (tertiary/aromatic N) is 4. The molecule has 0 atom stereocenters. The molecular formula is C17H14N4O4. The van der Waals surface area contributed by atoms with Gasteiger partial charge in [-0.1, -0.05) is 0 Å². The van der Waals surface area contributed by atoms with Crippen molar-refractivity contribution in [1.82, 2.24) is 19.4 Å². The Morgan fingerprint density at radius 2 is 2.04 bits per heavy atom. The fraction of sp³-hybridized carbons (Fsp3) is 0.176. The third-order valence-corrected chi connectivity index (χ3v) is 4.21. The SMILES string of the molecule is CC(=O)N1Cc2ncnc(Oc3ccc4c(ccn4C(=O)O)c3)c2C1. The average molecular weight is 338 g/mol. The minimum Gasteiger partial charge on any atom is -0.464 e. The molecule has 1 N–H and O–H groups in total. The fourth-order valence-electron chi connectivity index (χ4n) is 2.93. The number of amides is 1. The third kappa shape index (κ3) is 2.57. The minimum absolute atomic E-state index is 0.0274. The summed E-state index contributed by atoms with van der Waals surface area (Å²) in [6, 6.07) is 6.83. The first-order valence-electron chi connectivity index (χ1n) is 7.63. The van der Waals surface area contributed by atoms with E-state index in [0.29, 0.717) is 30.2 Å². The molecule has 2 aromatic heterocycles. The Balaban J connectivity index is 1.66. The standard InChI is InChI=1S/C17H14N4O4/c1-10(22)20-7-13-14(8-20)18-9-19-16(13)25-12-2-3-15-11(6-12)4-5-21(15)17(23)24/h2-6,9H,7-8H2,1H3,(H,23,24). The van der Waals surface area contributed by atoms with Crippen LogP contribution >= 0.6 is 0 Å². The van der Waals surface area contributed by atoms with Crippen LogP contribution in [0.15, 0.2) is 36.8 Å². The zero-order valence-electron chi connectivity index (χ0n) is 13.3. The molecule has 0 saturated carbocycles. The normalized spacial score (nSPS) is 13.1. The molecule has 1 amide bonds. The van der Waals surface area contributed by atoms with E-state index in [4.69, 9.17) is 9.84 Å². The maximum Gasteiger partial charge on any atom is 0.415 e. The van der Waals surface area contributed by atoms with E-state index in [1.165, 1.54) is 19.4 Å². The maximum atomic E-state index is 11.6. The topological polar surface area (TPSA) is 97.6 Å². The summed E-state index contributed by atoms with van der Waals surface area (Å²) in [5, 5.41) is 9.88. The number of ether oxygens (including phenoxy) is 1. The molecule has 0 unspecified atom stereocenters. The third-order valence-electron chi connectivity index (χ3n) is 4.21. The van der Waals surface area contributed by atoms with Crippen LogP contribution in [0.3, 0.4) is 0 Å². The Morgan fingerprint density at radius 3 is 2.80 bits per heavy atom. The van der Waals surface area contributed by atoms with Gasteiger partial charge in [0, 0.05) is 18.5 Å². The molecule has 8 nitrogen and oxygen atoms in total. The Labute approximate surface area is 142 Å².